The molecule has 2 aliphatic rings. The number of hydrogen-bond donors (Lipinski definition) is 1. The summed E-state index contributed by atoms with van der Waals surface area (Å²) in [4.78, 5) is 26.3. The van der Waals surface area contributed by atoms with Gasteiger partial charge in [0.25, 0.3) is 0 Å². The number of ether oxygens (including phenoxy) is 1. The Hall–Kier alpha value is -2.93. The van der Waals surface area contributed by atoms with Gasteiger partial charge in [-0.2, -0.15) is 4.31 Å². The quantitative estimate of drug-likeness (QED) is 0.493. The average Bonchev–Trinajstić information content (AvgIpc) is 2.90. The molecule has 1 saturated heterocycles. The summed E-state index contributed by atoms with van der Waals surface area (Å²) in [6, 6.07) is 10.6. The van der Waals surface area contributed by atoms with Crippen LogP contribution in [0, 0.1) is 0 Å². The van der Waals surface area contributed by atoms with Crippen molar-refractivity contribution in [3.05, 3.63) is 42.6 Å². The summed E-state index contributed by atoms with van der Waals surface area (Å²) in [5, 5.41) is 2.76. The lowest BCUT2D eigenvalue weighted by Crippen LogP contribution is -2.48. The van der Waals surface area contributed by atoms with E-state index in [9.17, 15) is 13.2 Å². The number of piperazine rings is 1. The van der Waals surface area contributed by atoms with Gasteiger partial charge >= 0.3 is 0 Å². The Morgan fingerprint density at radius 1 is 1.14 bits per heavy atom. The van der Waals surface area contributed by atoms with Crippen molar-refractivity contribution in [3.8, 4) is 5.88 Å². The van der Waals surface area contributed by atoms with Crippen molar-refractivity contribution in [1.29, 1.82) is 0 Å². The van der Waals surface area contributed by atoms with E-state index >= 15 is 0 Å². The number of carbonyl (C=O) groups is 1. The van der Waals surface area contributed by atoms with Crippen molar-refractivity contribution in [1.82, 2.24) is 19.2 Å². The Morgan fingerprint density at radius 3 is 2.72 bits per heavy atom. The van der Waals surface area contributed by atoms with Gasteiger partial charge in [0.1, 0.15) is 5.52 Å². The molecule has 1 N–H and O–H groups in total. The Morgan fingerprint density at radius 2 is 1.94 bits per heavy atom. The average molecular weight is 529 g/mol. The van der Waals surface area contributed by atoms with Crippen LogP contribution in [0.4, 0.5) is 11.4 Å². The smallest absolute Gasteiger partial charge is 0.242 e. The summed E-state index contributed by atoms with van der Waals surface area (Å²) in [6.45, 7) is 4.22. The molecule has 1 amide bonds. The number of pyridine rings is 2. The molecule has 2 aromatic heterocycles. The standard InChI is InChI=1S/C24H28N6O4S2/c1-28(36(32,33)17-3-5-21-19(15-17)26-22(31)16-35-21)9-10-29-11-13-30(14-12-29)20-7-8-25-18-4-6-23(34-2)27-24(18)20/h3-8,15H,9-14,16H2,1-2H3,(H,26,31). The number of likely N-dealkylation sites (N-methyl/N-ethyl adjacent to an activating group) is 1. The third-order valence-electron chi connectivity index (χ3n) is 6.48. The third kappa shape index (κ3) is 4.99. The molecule has 12 heteroatoms. The Kier molecular flexibility index (Phi) is 7.02. The Labute approximate surface area is 214 Å². The van der Waals surface area contributed by atoms with E-state index in [0.29, 0.717) is 30.4 Å². The summed E-state index contributed by atoms with van der Waals surface area (Å²) in [5.41, 5.74) is 3.21. The molecule has 4 heterocycles. The number of amides is 1. The minimum absolute atomic E-state index is 0.121. The van der Waals surface area contributed by atoms with E-state index in [-0.39, 0.29) is 10.8 Å². The van der Waals surface area contributed by atoms with Crippen LogP contribution in [0.2, 0.25) is 0 Å². The summed E-state index contributed by atoms with van der Waals surface area (Å²) in [5.74, 6) is 0.776. The van der Waals surface area contributed by atoms with Crippen molar-refractivity contribution in [2.75, 3.05) is 69.4 Å². The number of thioether (sulfide) groups is 1. The molecule has 0 aliphatic carbocycles. The summed E-state index contributed by atoms with van der Waals surface area (Å²) in [6.07, 6.45) is 1.79. The molecule has 0 bridgehead atoms. The Balaban J connectivity index is 1.20. The minimum Gasteiger partial charge on any atom is -0.481 e. The van der Waals surface area contributed by atoms with Crippen molar-refractivity contribution >= 4 is 50.1 Å². The second-order valence-corrected chi connectivity index (χ2v) is 11.8. The van der Waals surface area contributed by atoms with Gasteiger partial charge < -0.3 is 15.0 Å². The van der Waals surface area contributed by atoms with E-state index in [4.69, 9.17) is 4.74 Å². The number of nitrogens with one attached hydrogen (secondary N) is 1. The van der Waals surface area contributed by atoms with Gasteiger partial charge in [-0.15, -0.1) is 11.8 Å². The number of methoxy groups -OCH3 is 1. The number of nitrogens with zero attached hydrogens (tertiary/aromatic N) is 5. The molecule has 0 unspecified atom stereocenters. The number of sulfonamides is 1. The molecule has 190 valence electrons. The zero-order valence-electron chi connectivity index (χ0n) is 20.2. The first-order chi connectivity index (χ1) is 17.3. The highest BCUT2D eigenvalue weighted by molar-refractivity contribution is 8.00. The lowest BCUT2D eigenvalue weighted by molar-refractivity contribution is -0.113. The second-order valence-electron chi connectivity index (χ2n) is 8.70. The molecule has 36 heavy (non-hydrogen) atoms. The first-order valence-electron chi connectivity index (χ1n) is 11.7. The predicted octanol–water partition coefficient (Wildman–Crippen LogP) is 2.13. The van der Waals surface area contributed by atoms with Crippen LogP contribution in [0.25, 0.3) is 11.0 Å². The van der Waals surface area contributed by atoms with Crippen molar-refractivity contribution in [3.63, 3.8) is 0 Å². The number of hydrogen-bond acceptors (Lipinski definition) is 9. The second kappa shape index (κ2) is 10.2. The van der Waals surface area contributed by atoms with Crippen LogP contribution >= 0.6 is 11.8 Å². The number of aromatic nitrogens is 2. The van der Waals surface area contributed by atoms with E-state index in [1.54, 1.807) is 44.6 Å². The van der Waals surface area contributed by atoms with E-state index in [1.165, 1.54) is 16.1 Å². The zero-order chi connectivity index (χ0) is 25.3. The number of carbonyl (C=O) groups excluding carboxylic acids is 1. The van der Waals surface area contributed by atoms with Gasteiger partial charge in [0, 0.05) is 63.5 Å². The molecule has 10 nitrogen and oxygen atoms in total. The highest BCUT2D eigenvalue weighted by atomic mass is 32.2. The highest BCUT2D eigenvalue weighted by Crippen LogP contribution is 2.33. The van der Waals surface area contributed by atoms with E-state index in [2.05, 4.69) is 25.1 Å². The fourth-order valence-electron chi connectivity index (χ4n) is 4.38. The largest absolute Gasteiger partial charge is 0.481 e. The van der Waals surface area contributed by atoms with Gasteiger partial charge in [-0.3, -0.25) is 14.7 Å². The van der Waals surface area contributed by atoms with Gasteiger partial charge in [0.05, 0.1) is 34.6 Å². The molecule has 0 saturated carbocycles. The molecule has 3 aromatic rings. The van der Waals surface area contributed by atoms with E-state index < -0.39 is 10.0 Å². The van der Waals surface area contributed by atoms with Crippen LogP contribution in [0.5, 0.6) is 5.88 Å². The maximum Gasteiger partial charge on any atom is 0.242 e. The molecule has 2 aliphatic heterocycles. The molecule has 1 aromatic carbocycles. The SMILES string of the molecule is COc1ccc2nccc(N3CCN(CCN(C)S(=O)(=O)c4ccc5c(c4)NC(=O)CS5)CC3)c2n1. The molecule has 0 radical (unpaired) electrons. The number of fused-ring (bicyclic) bond motifs is 2. The molecule has 0 spiro atoms. The highest BCUT2D eigenvalue weighted by Gasteiger charge is 2.26. The molecule has 5 rings (SSSR count). The summed E-state index contributed by atoms with van der Waals surface area (Å²) < 4.78 is 33.0. The van der Waals surface area contributed by atoms with Crippen molar-refractivity contribution in [2.24, 2.45) is 0 Å². The van der Waals surface area contributed by atoms with Crippen LogP contribution in [-0.2, 0) is 14.8 Å². The van der Waals surface area contributed by atoms with Gasteiger partial charge in [0.2, 0.25) is 21.8 Å². The monoisotopic (exact) mass is 528 g/mol. The van der Waals surface area contributed by atoms with Gasteiger partial charge in [-0.05, 0) is 30.3 Å². The normalized spacial score (nSPS) is 16.8. The molecule has 0 atom stereocenters. The predicted molar refractivity (Wildman–Crippen MR) is 140 cm³/mol. The summed E-state index contributed by atoms with van der Waals surface area (Å²) in [7, 11) is -0.469. The maximum absolute atomic E-state index is 13.1. The van der Waals surface area contributed by atoms with Gasteiger partial charge in [-0.1, -0.05) is 0 Å². The number of benzene rings is 1. The van der Waals surface area contributed by atoms with Crippen LogP contribution in [0.1, 0.15) is 0 Å². The number of rotatable bonds is 7. The first-order valence-corrected chi connectivity index (χ1v) is 14.1. The minimum atomic E-state index is -3.67. The van der Waals surface area contributed by atoms with Gasteiger partial charge in [0.15, 0.2) is 0 Å². The zero-order valence-corrected chi connectivity index (χ0v) is 21.8. The lowest BCUT2D eigenvalue weighted by Gasteiger charge is -2.36. The Bertz CT molecular complexity index is 1390. The topological polar surface area (TPSA) is 108 Å². The van der Waals surface area contributed by atoms with Crippen LogP contribution in [-0.4, -0.2) is 92.7 Å². The summed E-state index contributed by atoms with van der Waals surface area (Å²) >= 11 is 1.41. The first kappa shape index (κ1) is 24.8. The van der Waals surface area contributed by atoms with Crippen molar-refractivity contribution < 1.29 is 17.9 Å². The lowest BCUT2D eigenvalue weighted by atomic mass is 10.2. The van der Waals surface area contributed by atoms with E-state index in [1.807, 2.05) is 12.1 Å². The van der Waals surface area contributed by atoms with Crippen LogP contribution in [0.3, 0.4) is 0 Å². The van der Waals surface area contributed by atoms with Crippen LogP contribution in [0.15, 0.2) is 52.4 Å². The fourth-order valence-corrected chi connectivity index (χ4v) is 6.36. The maximum atomic E-state index is 13.1. The van der Waals surface area contributed by atoms with Gasteiger partial charge in [-0.25, -0.2) is 13.4 Å². The fraction of sp³-hybridized carbons (Fsp3) is 0.375. The molecule has 1 fully saturated rings. The molecular formula is C24H28N6O4S2. The van der Waals surface area contributed by atoms with Crippen LogP contribution < -0.4 is 15.0 Å². The molecular weight excluding hydrogens is 500 g/mol. The van der Waals surface area contributed by atoms with E-state index in [0.717, 1.165) is 47.8 Å². The van der Waals surface area contributed by atoms with Crippen molar-refractivity contribution in [2.45, 2.75) is 9.79 Å². The third-order valence-corrected chi connectivity index (χ3v) is 9.41. The number of anilines is 2.